The van der Waals surface area contributed by atoms with E-state index in [4.69, 9.17) is 16.3 Å². The summed E-state index contributed by atoms with van der Waals surface area (Å²) in [5.41, 5.74) is 1.21. The Balaban J connectivity index is 2.30. The van der Waals surface area contributed by atoms with Gasteiger partial charge in [-0.1, -0.05) is 23.7 Å². The van der Waals surface area contributed by atoms with Crippen LogP contribution in [0, 0.1) is 12.8 Å². The van der Waals surface area contributed by atoms with Gasteiger partial charge in [0.2, 0.25) is 0 Å². The molecule has 1 heterocycles. The van der Waals surface area contributed by atoms with Crippen LogP contribution in [0.4, 0.5) is 0 Å². The first-order chi connectivity index (χ1) is 9.97. The normalized spacial score (nSPS) is 21.3. The van der Waals surface area contributed by atoms with Crippen molar-refractivity contribution in [1.82, 2.24) is 4.90 Å². The van der Waals surface area contributed by atoms with Crippen LogP contribution >= 0.6 is 11.6 Å². The van der Waals surface area contributed by atoms with Gasteiger partial charge in [-0.05, 0) is 25.5 Å². The van der Waals surface area contributed by atoms with Crippen LogP contribution in [0.15, 0.2) is 18.2 Å². The van der Waals surface area contributed by atoms with Gasteiger partial charge in [-0.2, -0.15) is 0 Å². The first kappa shape index (κ1) is 15.8. The Morgan fingerprint density at radius 2 is 2.14 bits per heavy atom. The van der Waals surface area contributed by atoms with Crippen molar-refractivity contribution >= 4 is 23.5 Å². The molecule has 1 aromatic rings. The van der Waals surface area contributed by atoms with E-state index in [2.05, 4.69) is 0 Å². The molecule has 2 unspecified atom stereocenters. The fraction of sp³-hybridized carbons (Fsp3) is 0.467. The summed E-state index contributed by atoms with van der Waals surface area (Å²) in [5.74, 6) is -1.90. The minimum absolute atomic E-state index is 0.130. The van der Waals surface area contributed by atoms with Crippen LogP contribution in [-0.2, 0) is 9.53 Å². The second-order valence-corrected chi connectivity index (χ2v) is 5.46. The number of amides is 1. The van der Waals surface area contributed by atoms with Crippen LogP contribution in [0.2, 0.25) is 5.02 Å². The molecule has 2 rings (SSSR count). The van der Waals surface area contributed by atoms with E-state index in [0.717, 1.165) is 5.56 Å². The predicted molar refractivity (Wildman–Crippen MR) is 78.6 cm³/mol. The van der Waals surface area contributed by atoms with Gasteiger partial charge in [-0.3, -0.25) is 9.59 Å². The number of halogens is 1. The van der Waals surface area contributed by atoms with Crippen LogP contribution in [0.25, 0.3) is 0 Å². The van der Waals surface area contributed by atoms with Crippen LogP contribution < -0.4 is 0 Å². The first-order valence-electron chi connectivity index (χ1n) is 6.84. The highest BCUT2D eigenvalue weighted by atomic mass is 35.5. The van der Waals surface area contributed by atoms with Crippen molar-refractivity contribution in [2.24, 2.45) is 5.92 Å². The summed E-state index contributed by atoms with van der Waals surface area (Å²) >= 11 is 6.20. The van der Waals surface area contributed by atoms with E-state index in [1.54, 1.807) is 12.1 Å². The van der Waals surface area contributed by atoms with E-state index in [0.29, 0.717) is 17.1 Å². The molecule has 1 amide bonds. The van der Waals surface area contributed by atoms with Gasteiger partial charge in [-0.15, -0.1) is 0 Å². The third-order valence-electron chi connectivity index (χ3n) is 3.79. The molecule has 1 aliphatic rings. The number of hydrogen-bond acceptors (Lipinski definition) is 3. The van der Waals surface area contributed by atoms with E-state index < -0.39 is 17.9 Å². The number of carbonyl (C=O) groups excluding carboxylic acids is 1. The van der Waals surface area contributed by atoms with E-state index in [1.807, 2.05) is 19.9 Å². The van der Waals surface area contributed by atoms with Crippen LogP contribution in [0.1, 0.15) is 22.8 Å². The Morgan fingerprint density at radius 1 is 1.43 bits per heavy atom. The zero-order valence-electron chi connectivity index (χ0n) is 12.0. The minimum atomic E-state index is -0.945. The zero-order chi connectivity index (χ0) is 15.6. The molecule has 114 valence electrons. The van der Waals surface area contributed by atoms with Crippen molar-refractivity contribution < 1.29 is 19.4 Å². The van der Waals surface area contributed by atoms with Gasteiger partial charge in [0, 0.05) is 6.54 Å². The summed E-state index contributed by atoms with van der Waals surface area (Å²) in [6.45, 7) is 4.42. The van der Waals surface area contributed by atoms with Gasteiger partial charge in [-0.25, -0.2) is 0 Å². The summed E-state index contributed by atoms with van der Waals surface area (Å²) in [7, 11) is 0. The third kappa shape index (κ3) is 3.04. The van der Waals surface area contributed by atoms with Crippen molar-refractivity contribution in [2.45, 2.75) is 19.9 Å². The number of nitrogens with zero attached hydrogens (tertiary/aromatic N) is 1. The number of benzene rings is 1. The number of carboxylic acids is 1. The topological polar surface area (TPSA) is 66.8 Å². The molecule has 1 aromatic carbocycles. The van der Waals surface area contributed by atoms with Crippen molar-refractivity contribution in [1.29, 1.82) is 0 Å². The van der Waals surface area contributed by atoms with E-state index in [-0.39, 0.29) is 19.1 Å². The smallest absolute Gasteiger partial charge is 0.311 e. The predicted octanol–water partition coefficient (Wildman–Crippen LogP) is 2.21. The lowest BCUT2D eigenvalue weighted by Crippen LogP contribution is -2.46. The minimum Gasteiger partial charge on any atom is -0.481 e. The molecule has 0 bridgehead atoms. The fourth-order valence-corrected chi connectivity index (χ4v) is 2.79. The van der Waals surface area contributed by atoms with E-state index in [9.17, 15) is 14.7 Å². The molecule has 0 aliphatic carbocycles. The molecule has 0 spiro atoms. The maximum Gasteiger partial charge on any atom is 0.311 e. The summed E-state index contributed by atoms with van der Waals surface area (Å²) in [4.78, 5) is 25.5. The monoisotopic (exact) mass is 311 g/mol. The fourth-order valence-electron chi connectivity index (χ4n) is 2.58. The second kappa shape index (κ2) is 6.45. The van der Waals surface area contributed by atoms with Crippen LogP contribution in [-0.4, -0.2) is 47.7 Å². The molecular weight excluding hydrogens is 294 g/mol. The molecule has 2 atom stereocenters. The molecule has 1 N–H and O–H groups in total. The second-order valence-electron chi connectivity index (χ2n) is 5.08. The molecule has 6 heteroatoms. The number of aliphatic carboxylic acids is 1. The molecule has 1 saturated heterocycles. The number of rotatable bonds is 4. The maximum atomic E-state index is 12.7. The Hall–Kier alpha value is -1.59. The lowest BCUT2D eigenvalue weighted by atomic mass is 10.0. The molecule has 5 nitrogen and oxygen atoms in total. The number of hydrogen-bond donors (Lipinski definition) is 1. The summed E-state index contributed by atoms with van der Waals surface area (Å²) in [6.07, 6.45) is 0. The van der Waals surface area contributed by atoms with Gasteiger partial charge in [0.05, 0.1) is 29.8 Å². The number of carbonyl (C=O) groups is 2. The summed E-state index contributed by atoms with van der Waals surface area (Å²) < 4.78 is 5.25. The van der Waals surface area contributed by atoms with Crippen molar-refractivity contribution in [3.63, 3.8) is 0 Å². The molecule has 0 radical (unpaired) electrons. The van der Waals surface area contributed by atoms with Crippen molar-refractivity contribution in [2.75, 3.05) is 19.8 Å². The van der Waals surface area contributed by atoms with E-state index in [1.165, 1.54) is 4.90 Å². The van der Waals surface area contributed by atoms with Gasteiger partial charge in [0.25, 0.3) is 5.91 Å². The zero-order valence-corrected chi connectivity index (χ0v) is 12.8. The Kier molecular flexibility index (Phi) is 4.85. The highest BCUT2D eigenvalue weighted by molar-refractivity contribution is 6.34. The highest BCUT2D eigenvalue weighted by Crippen LogP contribution is 2.26. The molecule has 0 saturated carbocycles. The molecule has 21 heavy (non-hydrogen) atoms. The molecule has 1 fully saturated rings. The lowest BCUT2D eigenvalue weighted by Gasteiger charge is -2.29. The number of aryl methyl sites for hydroxylation is 1. The molecule has 0 aromatic heterocycles. The van der Waals surface area contributed by atoms with Gasteiger partial charge < -0.3 is 14.7 Å². The highest BCUT2D eigenvalue weighted by Gasteiger charge is 2.40. The van der Waals surface area contributed by atoms with Crippen molar-refractivity contribution in [3.05, 3.63) is 34.3 Å². The van der Waals surface area contributed by atoms with Gasteiger partial charge >= 0.3 is 5.97 Å². The Labute approximate surface area is 128 Å². The standard InChI is InChI=1S/C15H18ClNO4/c1-3-17(12-8-21-7-11(12)15(19)20)14(18)10-6-4-5-9(2)13(10)16/h4-6,11-12H,3,7-8H2,1-2H3,(H,19,20). The Morgan fingerprint density at radius 3 is 2.76 bits per heavy atom. The van der Waals surface area contributed by atoms with Crippen LogP contribution in [0.3, 0.4) is 0 Å². The lowest BCUT2D eigenvalue weighted by molar-refractivity contribution is -0.142. The average Bonchev–Trinajstić information content (AvgIpc) is 2.92. The summed E-state index contributed by atoms with van der Waals surface area (Å²) in [5, 5.41) is 9.64. The summed E-state index contributed by atoms with van der Waals surface area (Å²) in [6, 6.07) is 4.79. The molecule has 1 aliphatic heterocycles. The maximum absolute atomic E-state index is 12.7. The number of likely N-dealkylation sites (N-methyl/N-ethyl adjacent to an activating group) is 1. The first-order valence-corrected chi connectivity index (χ1v) is 7.21. The SMILES string of the molecule is CCN(C(=O)c1cccc(C)c1Cl)C1COCC1C(=O)O. The molecular formula is C15H18ClNO4. The largest absolute Gasteiger partial charge is 0.481 e. The van der Waals surface area contributed by atoms with E-state index >= 15 is 0 Å². The average molecular weight is 312 g/mol. The van der Waals surface area contributed by atoms with Crippen LogP contribution in [0.5, 0.6) is 0 Å². The van der Waals surface area contributed by atoms with Gasteiger partial charge in [0.1, 0.15) is 5.92 Å². The number of carboxylic acid groups (broad SMARTS) is 1. The van der Waals surface area contributed by atoms with Crippen molar-refractivity contribution in [3.8, 4) is 0 Å². The number of ether oxygens (including phenoxy) is 1. The Bertz CT molecular complexity index is 561. The van der Waals surface area contributed by atoms with Gasteiger partial charge in [0.15, 0.2) is 0 Å². The third-order valence-corrected chi connectivity index (χ3v) is 4.29. The quantitative estimate of drug-likeness (QED) is 0.926.